The fraction of sp³-hybridized carbons (Fsp3) is 1.00. The topological polar surface area (TPSA) is 49.7 Å². The number of alkyl halides is 19. The summed E-state index contributed by atoms with van der Waals surface area (Å²) in [5.41, 5.74) is -8.78. The summed E-state index contributed by atoms with van der Waals surface area (Å²) >= 11 is 0. The van der Waals surface area contributed by atoms with Gasteiger partial charge < -0.3 is 14.7 Å². The van der Waals surface area contributed by atoms with E-state index in [0.29, 0.717) is 0 Å². The first kappa shape index (κ1) is 32.6. The smallest absolute Gasteiger partial charge is 0.402 e. The van der Waals surface area contributed by atoms with Crippen molar-refractivity contribution in [2.24, 2.45) is 0 Å². The van der Waals surface area contributed by atoms with Crippen LogP contribution in [-0.2, 0) is 4.65 Å². The molecule has 0 heterocycles. The van der Waals surface area contributed by atoms with Crippen molar-refractivity contribution < 1.29 is 98.1 Å². The van der Waals surface area contributed by atoms with Gasteiger partial charge in [-0.3, -0.25) is 0 Å². The van der Waals surface area contributed by atoms with Gasteiger partial charge in [0, 0.05) is 13.0 Å². The van der Waals surface area contributed by atoms with E-state index >= 15 is 0 Å². The Kier molecular flexibility index (Phi) is 8.27. The van der Waals surface area contributed by atoms with Gasteiger partial charge in [-0.05, 0) is 0 Å². The van der Waals surface area contributed by atoms with Crippen LogP contribution in [0.5, 0.6) is 0 Å². The highest BCUT2D eigenvalue weighted by Crippen LogP contribution is 2.66. The van der Waals surface area contributed by atoms with Crippen LogP contribution in [-0.4, -0.2) is 77.5 Å². The lowest BCUT2D eigenvalue weighted by Gasteiger charge is -2.45. The van der Waals surface area contributed by atoms with Crippen LogP contribution >= 0.6 is 0 Å². The molecule has 2 N–H and O–H groups in total. The first-order valence-electron chi connectivity index (χ1n) is 7.48. The van der Waals surface area contributed by atoms with E-state index < -0.39 is 73.9 Å². The highest BCUT2D eigenvalue weighted by Gasteiger charge is 2.98. The lowest BCUT2D eigenvalue weighted by Crippen LogP contribution is -2.77. The first-order valence-corrected chi connectivity index (χ1v) is 7.48. The molecule has 0 spiro atoms. The van der Waals surface area contributed by atoms with Crippen LogP contribution in [0.4, 0.5) is 83.4 Å². The van der Waals surface area contributed by atoms with E-state index in [1.807, 2.05) is 0 Å². The van der Waals surface area contributed by atoms with Crippen LogP contribution in [0.2, 0.25) is 0 Å². The average Bonchev–Trinajstić information content (AvgIpc) is 2.57. The largest absolute Gasteiger partial charge is 0.633 e. The molecule has 0 unspecified atom stereocenters. The van der Waals surface area contributed by atoms with Crippen molar-refractivity contribution >= 4 is 7.32 Å². The summed E-state index contributed by atoms with van der Waals surface area (Å²) in [4.78, 5) is 0. The molecule has 0 aliphatic carbocycles. The van der Waals surface area contributed by atoms with Crippen LogP contribution in [0.15, 0.2) is 0 Å². The zero-order valence-corrected chi connectivity index (χ0v) is 15.0. The molecule has 0 aromatic carbocycles. The minimum absolute atomic E-state index is 2.18. The number of halogens is 19. The van der Waals surface area contributed by atoms with E-state index in [1.165, 1.54) is 0 Å². The third kappa shape index (κ3) is 4.46. The van der Waals surface area contributed by atoms with Crippen LogP contribution in [0, 0.1) is 0 Å². The molecular formula is C11H6BF19O3. The predicted octanol–water partition coefficient (Wildman–Crippen LogP) is 5.01. The van der Waals surface area contributed by atoms with E-state index in [-0.39, 0.29) is 0 Å². The Balaban J connectivity index is 6.82. The lowest BCUT2D eigenvalue weighted by molar-refractivity contribution is -0.472. The van der Waals surface area contributed by atoms with Crippen LogP contribution < -0.4 is 0 Å². The maximum Gasteiger partial charge on any atom is 0.633 e. The SMILES string of the molecule is OB(O)OCCC(F)(F)C(F)(F)C(F)(F)C(F)(F)C(F)(F)C(F)(F)C(F)(C(F)(F)F)C(F)(F)F. The van der Waals surface area contributed by atoms with Crippen molar-refractivity contribution in [3.8, 4) is 0 Å². The molecule has 23 heteroatoms. The van der Waals surface area contributed by atoms with Crippen molar-refractivity contribution in [1.82, 2.24) is 0 Å². The molecular weight excluding hydrogens is 552 g/mol. The summed E-state index contributed by atoms with van der Waals surface area (Å²) in [6, 6.07) is 0. The second-order valence-corrected chi connectivity index (χ2v) is 6.18. The standard InChI is InChI=1S/C11H6BF19O3/c13-3(14,1-2-34-12(32)33)5(16,17)7(20,21)9(24,25)8(22,23)6(18,19)4(15,10(26,27)28)11(29,30)31/h32-33H,1-2H2. The Bertz CT molecular complexity index is 697. The normalized spacial score (nSPS) is 16.1. The summed E-state index contributed by atoms with van der Waals surface area (Å²) in [5.74, 6) is -50.4. The molecule has 204 valence electrons. The average molecular weight is 558 g/mol. The monoisotopic (exact) mass is 558 g/mol. The number of rotatable bonds is 10. The highest BCUT2D eigenvalue weighted by atomic mass is 19.4. The van der Waals surface area contributed by atoms with E-state index in [2.05, 4.69) is 4.65 Å². The van der Waals surface area contributed by atoms with Crippen molar-refractivity contribution in [3.05, 3.63) is 0 Å². The van der Waals surface area contributed by atoms with Gasteiger partial charge in [0.1, 0.15) is 0 Å². The van der Waals surface area contributed by atoms with Gasteiger partial charge in [-0.2, -0.15) is 79.0 Å². The van der Waals surface area contributed by atoms with Gasteiger partial charge in [0.15, 0.2) is 0 Å². The molecule has 0 aliphatic heterocycles. The molecule has 0 saturated heterocycles. The first-order chi connectivity index (χ1) is 14.4. The highest BCUT2D eigenvalue weighted by molar-refractivity contribution is 6.32. The summed E-state index contributed by atoms with van der Waals surface area (Å²) < 4.78 is 251. The predicted molar refractivity (Wildman–Crippen MR) is 66.4 cm³/mol. The van der Waals surface area contributed by atoms with Crippen molar-refractivity contribution in [1.29, 1.82) is 0 Å². The third-order valence-electron chi connectivity index (χ3n) is 3.93. The van der Waals surface area contributed by atoms with Gasteiger partial charge in [-0.25, -0.2) is 4.39 Å². The van der Waals surface area contributed by atoms with Crippen molar-refractivity contribution in [3.63, 3.8) is 0 Å². The Morgan fingerprint density at radius 2 is 0.765 bits per heavy atom. The fourth-order valence-corrected chi connectivity index (χ4v) is 2.00. The van der Waals surface area contributed by atoms with E-state index in [1.54, 1.807) is 0 Å². The van der Waals surface area contributed by atoms with Gasteiger partial charge in [-0.15, -0.1) is 0 Å². The van der Waals surface area contributed by atoms with Crippen molar-refractivity contribution in [2.45, 2.75) is 60.0 Å². The van der Waals surface area contributed by atoms with Gasteiger partial charge in [0.05, 0.1) is 0 Å². The zero-order valence-electron chi connectivity index (χ0n) is 15.0. The molecule has 34 heavy (non-hydrogen) atoms. The molecule has 0 aromatic heterocycles. The molecule has 0 atom stereocenters. The Morgan fingerprint density at radius 3 is 1.06 bits per heavy atom. The molecule has 0 aromatic rings. The zero-order chi connectivity index (χ0) is 28.2. The summed E-state index contributed by atoms with van der Waals surface area (Å²) in [7, 11) is -3.10. The Hall–Kier alpha value is -1.39. The van der Waals surface area contributed by atoms with Gasteiger partial charge in [0.25, 0.3) is 0 Å². The van der Waals surface area contributed by atoms with Crippen LogP contribution in [0.3, 0.4) is 0 Å². The molecule has 0 amide bonds. The van der Waals surface area contributed by atoms with E-state index in [4.69, 9.17) is 10.0 Å². The summed E-state index contributed by atoms with van der Waals surface area (Å²) in [6.07, 6.45) is -19.7. The van der Waals surface area contributed by atoms with Crippen LogP contribution in [0.1, 0.15) is 6.42 Å². The Morgan fingerprint density at radius 1 is 0.471 bits per heavy atom. The fourth-order valence-electron chi connectivity index (χ4n) is 2.00. The molecule has 0 radical (unpaired) electrons. The molecule has 0 rings (SSSR count). The summed E-state index contributed by atoms with van der Waals surface area (Å²) in [5, 5.41) is 16.2. The minimum atomic E-state index is -9.07. The summed E-state index contributed by atoms with van der Waals surface area (Å²) in [6.45, 7) is -2.18. The molecule has 0 saturated carbocycles. The third-order valence-corrected chi connectivity index (χ3v) is 3.93. The van der Waals surface area contributed by atoms with Crippen LogP contribution in [0.25, 0.3) is 0 Å². The van der Waals surface area contributed by atoms with E-state index in [0.717, 1.165) is 0 Å². The van der Waals surface area contributed by atoms with Gasteiger partial charge >= 0.3 is 60.9 Å². The van der Waals surface area contributed by atoms with E-state index in [9.17, 15) is 83.4 Å². The van der Waals surface area contributed by atoms with Gasteiger partial charge in [-0.1, -0.05) is 0 Å². The number of hydrogen-bond acceptors (Lipinski definition) is 3. The second-order valence-electron chi connectivity index (χ2n) is 6.18. The maximum absolute atomic E-state index is 13.5. The van der Waals surface area contributed by atoms with Crippen molar-refractivity contribution in [2.75, 3.05) is 6.61 Å². The number of hydrogen-bond donors (Lipinski definition) is 2. The molecule has 0 bridgehead atoms. The van der Waals surface area contributed by atoms with Gasteiger partial charge in [0.2, 0.25) is 0 Å². The molecule has 0 aliphatic rings. The maximum atomic E-state index is 13.5. The molecule has 3 nitrogen and oxygen atoms in total. The lowest BCUT2D eigenvalue weighted by atomic mass is 9.83. The molecule has 0 fully saturated rings. The Labute approximate surface area is 173 Å². The quantitative estimate of drug-likeness (QED) is 0.293. The minimum Gasteiger partial charge on any atom is -0.402 e. The second kappa shape index (κ2) is 8.62.